The number of pyridine rings is 1. The number of benzene rings is 1. The molecule has 2 saturated heterocycles. The summed E-state index contributed by atoms with van der Waals surface area (Å²) in [6, 6.07) is 6.97. The van der Waals surface area contributed by atoms with Gasteiger partial charge in [-0.1, -0.05) is 6.07 Å². The van der Waals surface area contributed by atoms with Crippen LogP contribution in [0.15, 0.2) is 36.7 Å². The molecule has 3 fully saturated rings. The minimum absolute atomic E-state index is 0.00529. The van der Waals surface area contributed by atoms with Gasteiger partial charge in [-0.2, -0.15) is 0 Å². The molecule has 2 aliphatic heterocycles. The van der Waals surface area contributed by atoms with Crippen molar-refractivity contribution in [3.63, 3.8) is 0 Å². The summed E-state index contributed by atoms with van der Waals surface area (Å²) in [4.78, 5) is 19.9. The van der Waals surface area contributed by atoms with Crippen molar-refractivity contribution >= 4 is 22.8 Å². The van der Waals surface area contributed by atoms with Gasteiger partial charge in [-0.05, 0) is 49.9 Å². The molecule has 7 rings (SSSR count). The van der Waals surface area contributed by atoms with Gasteiger partial charge in [0.25, 0.3) is 0 Å². The number of rotatable bonds is 6. The van der Waals surface area contributed by atoms with E-state index < -0.39 is 11.6 Å². The number of aryl methyl sites for hydroxylation is 1. The zero-order valence-electron chi connectivity index (χ0n) is 21.8. The van der Waals surface area contributed by atoms with E-state index in [4.69, 9.17) is 4.74 Å². The number of anilines is 2. The van der Waals surface area contributed by atoms with Crippen LogP contribution in [-0.2, 0) is 11.3 Å². The Labute approximate surface area is 224 Å². The van der Waals surface area contributed by atoms with E-state index >= 15 is 4.39 Å². The standard InChI is InChI=1S/C28H30F2N8O/c1-17-34-26-21(29)10-19(11-23(26)38(17)20-4-9-39-15-20)25-22(30)13-32-27(36-25)35-24-3-2-18(12-31-24)14-37-8-7-33-28(16-37)5-6-28/h2-3,10-13,20,33H,4-9,14-16H2,1H3,(H,31,32,35,36)/t20-/m0/s1. The fourth-order valence-electron chi connectivity index (χ4n) is 5.85. The fourth-order valence-corrected chi connectivity index (χ4v) is 5.85. The Balaban J connectivity index is 1.12. The number of ether oxygens (including phenoxy) is 1. The molecule has 2 N–H and O–H groups in total. The predicted octanol–water partition coefficient (Wildman–Crippen LogP) is 4.12. The summed E-state index contributed by atoms with van der Waals surface area (Å²) >= 11 is 0. The highest BCUT2D eigenvalue weighted by atomic mass is 19.1. The van der Waals surface area contributed by atoms with E-state index in [9.17, 15) is 4.39 Å². The average molecular weight is 533 g/mol. The average Bonchev–Trinajstić information content (AvgIpc) is 3.30. The van der Waals surface area contributed by atoms with Crippen LogP contribution in [0.4, 0.5) is 20.5 Å². The van der Waals surface area contributed by atoms with Crippen LogP contribution in [0.1, 0.15) is 36.7 Å². The van der Waals surface area contributed by atoms with Crippen LogP contribution in [0.2, 0.25) is 0 Å². The fraction of sp³-hybridized carbons (Fsp3) is 0.429. The molecule has 39 heavy (non-hydrogen) atoms. The van der Waals surface area contributed by atoms with Gasteiger partial charge < -0.3 is 19.9 Å². The third kappa shape index (κ3) is 4.75. The van der Waals surface area contributed by atoms with Crippen LogP contribution in [0.3, 0.4) is 0 Å². The lowest BCUT2D eigenvalue weighted by Crippen LogP contribution is -2.51. The van der Waals surface area contributed by atoms with E-state index in [-0.39, 0.29) is 23.2 Å². The Morgan fingerprint density at radius 1 is 1.13 bits per heavy atom. The Morgan fingerprint density at radius 3 is 2.79 bits per heavy atom. The largest absolute Gasteiger partial charge is 0.379 e. The molecule has 1 spiro atoms. The minimum Gasteiger partial charge on any atom is -0.379 e. The first-order valence-electron chi connectivity index (χ1n) is 13.4. The van der Waals surface area contributed by atoms with E-state index in [1.807, 2.05) is 29.8 Å². The van der Waals surface area contributed by atoms with Crippen LogP contribution in [-0.4, -0.2) is 67.8 Å². The number of halogens is 2. The molecule has 0 amide bonds. The molecule has 5 heterocycles. The molecule has 202 valence electrons. The van der Waals surface area contributed by atoms with Gasteiger partial charge in [0.05, 0.1) is 24.4 Å². The van der Waals surface area contributed by atoms with E-state index in [0.29, 0.717) is 41.5 Å². The quantitative estimate of drug-likeness (QED) is 0.383. The Morgan fingerprint density at radius 2 is 2.03 bits per heavy atom. The molecule has 1 saturated carbocycles. The maximum Gasteiger partial charge on any atom is 0.229 e. The topological polar surface area (TPSA) is 93.0 Å². The third-order valence-electron chi connectivity index (χ3n) is 7.99. The molecule has 3 aliphatic rings. The molecule has 1 atom stereocenters. The summed E-state index contributed by atoms with van der Waals surface area (Å²) in [5.41, 5.74) is 2.64. The van der Waals surface area contributed by atoms with Crippen molar-refractivity contribution in [1.82, 2.24) is 34.7 Å². The molecule has 0 radical (unpaired) electrons. The highest BCUT2D eigenvalue weighted by molar-refractivity contribution is 5.83. The summed E-state index contributed by atoms with van der Waals surface area (Å²) < 4.78 is 37.6. The normalized spacial score (nSPS) is 20.6. The van der Waals surface area contributed by atoms with Crippen LogP contribution in [0.25, 0.3) is 22.3 Å². The number of imidazole rings is 1. The molecule has 9 nitrogen and oxygen atoms in total. The first-order chi connectivity index (χ1) is 19.0. The van der Waals surface area contributed by atoms with Crippen molar-refractivity contribution in [2.75, 3.05) is 38.2 Å². The second-order valence-corrected chi connectivity index (χ2v) is 10.9. The molecule has 0 unspecified atom stereocenters. The summed E-state index contributed by atoms with van der Waals surface area (Å²) in [5, 5.41) is 6.69. The first-order valence-corrected chi connectivity index (χ1v) is 13.4. The molecule has 11 heteroatoms. The number of aromatic nitrogens is 5. The molecule has 3 aromatic heterocycles. The van der Waals surface area contributed by atoms with Gasteiger partial charge in [0.2, 0.25) is 5.95 Å². The zero-order chi connectivity index (χ0) is 26.6. The van der Waals surface area contributed by atoms with Crippen molar-refractivity contribution in [3.05, 3.63) is 59.7 Å². The molecular formula is C28H30F2N8O. The van der Waals surface area contributed by atoms with Crippen molar-refractivity contribution in [1.29, 1.82) is 0 Å². The number of fused-ring (bicyclic) bond motifs is 1. The number of nitrogens with zero attached hydrogens (tertiary/aromatic N) is 6. The summed E-state index contributed by atoms with van der Waals surface area (Å²) in [6.45, 7) is 6.99. The molecule has 4 aromatic rings. The highest BCUT2D eigenvalue weighted by Crippen LogP contribution is 2.38. The number of nitrogens with one attached hydrogen (secondary N) is 2. The number of hydrogen-bond acceptors (Lipinski definition) is 8. The lowest BCUT2D eigenvalue weighted by atomic mass is 10.1. The van der Waals surface area contributed by atoms with Gasteiger partial charge >= 0.3 is 0 Å². The maximum atomic E-state index is 15.1. The zero-order valence-corrected chi connectivity index (χ0v) is 21.8. The van der Waals surface area contributed by atoms with Gasteiger partial charge in [0, 0.05) is 50.1 Å². The number of hydrogen-bond donors (Lipinski definition) is 2. The Kier molecular flexibility index (Phi) is 6.02. The molecule has 1 aromatic carbocycles. The van der Waals surface area contributed by atoms with Crippen LogP contribution in [0, 0.1) is 18.6 Å². The van der Waals surface area contributed by atoms with E-state index in [0.717, 1.165) is 44.4 Å². The van der Waals surface area contributed by atoms with Crippen LogP contribution in [0.5, 0.6) is 0 Å². The summed E-state index contributed by atoms with van der Waals surface area (Å²) in [6.07, 6.45) is 6.25. The number of piperazine rings is 1. The van der Waals surface area contributed by atoms with Crippen molar-refractivity contribution in [2.24, 2.45) is 0 Å². The van der Waals surface area contributed by atoms with Crippen molar-refractivity contribution < 1.29 is 13.5 Å². The lowest BCUT2D eigenvalue weighted by Gasteiger charge is -2.33. The van der Waals surface area contributed by atoms with Crippen molar-refractivity contribution in [3.8, 4) is 11.3 Å². The second kappa shape index (κ2) is 9.58. The van der Waals surface area contributed by atoms with E-state index in [2.05, 4.69) is 35.5 Å². The minimum atomic E-state index is -0.640. The highest BCUT2D eigenvalue weighted by Gasteiger charge is 2.45. The lowest BCUT2D eigenvalue weighted by molar-refractivity contribution is 0.182. The Bertz CT molecular complexity index is 1530. The van der Waals surface area contributed by atoms with Gasteiger partial charge in [0.1, 0.15) is 22.9 Å². The summed E-state index contributed by atoms with van der Waals surface area (Å²) in [5.74, 6) is 0.260. The monoisotopic (exact) mass is 532 g/mol. The second-order valence-electron chi connectivity index (χ2n) is 10.9. The molecule has 1 aliphatic carbocycles. The van der Waals surface area contributed by atoms with Gasteiger partial charge in [0.15, 0.2) is 11.6 Å². The van der Waals surface area contributed by atoms with Gasteiger partial charge in [-0.25, -0.2) is 28.7 Å². The molecule has 0 bridgehead atoms. The van der Waals surface area contributed by atoms with E-state index in [1.54, 1.807) is 6.07 Å². The SMILES string of the molecule is Cc1nc2c(F)cc(-c3nc(Nc4ccc(CN5CCNC6(CC6)C5)cn4)ncc3F)cc2n1[C@H]1CCOC1. The van der Waals surface area contributed by atoms with E-state index in [1.165, 1.54) is 18.9 Å². The first kappa shape index (κ1) is 24.5. The van der Waals surface area contributed by atoms with Crippen molar-refractivity contribution in [2.45, 2.75) is 44.3 Å². The maximum absolute atomic E-state index is 15.1. The molecular weight excluding hydrogens is 502 g/mol. The Hall–Kier alpha value is -3.54. The third-order valence-corrected chi connectivity index (χ3v) is 7.99. The summed E-state index contributed by atoms with van der Waals surface area (Å²) in [7, 11) is 0. The smallest absolute Gasteiger partial charge is 0.229 e. The predicted molar refractivity (Wildman–Crippen MR) is 143 cm³/mol. The van der Waals surface area contributed by atoms with Crippen LogP contribution < -0.4 is 10.6 Å². The van der Waals surface area contributed by atoms with Gasteiger partial charge in [-0.3, -0.25) is 4.90 Å². The van der Waals surface area contributed by atoms with Gasteiger partial charge in [-0.15, -0.1) is 0 Å². The van der Waals surface area contributed by atoms with Crippen LogP contribution >= 0.6 is 0 Å².